The smallest absolute Gasteiger partial charge is 0.132 e. The van der Waals surface area contributed by atoms with E-state index in [0.29, 0.717) is 0 Å². The van der Waals surface area contributed by atoms with Gasteiger partial charge in [-0.25, -0.2) is 0 Å². The highest BCUT2D eigenvalue weighted by atomic mass is 16.5. The van der Waals surface area contributed by atoms with Gasteiger partial charge in [0.05, 0.1) is 0 Å². The van der Waals surface area contributed by atoms with E-state index in [0.717, 1.165) is 11.5 Å². The second-order valence-corrected chi connectivity index (χ2v) is 12.8. The van der Waals surface area contributed by atoms with Crippen molar-refractivity contribution in [2.24, 2.45) is 0 Å². The van der Waals surface area contributed by atoms with Crippen LogP contribution >= 0.6 is 0 Å². The summed E-state index contributed by atoms with van der Waals surface area (Å²) in [6, 6.07) is 63.9. The molecule has 0 amide bonds. The minimum Gasteiger partial charge on any atom is -0.457 e. The largest absolute Gasteiger partial charge is 0.457 e. The van der Waals surface area contributed by atoms with Gasteiger partial charge in [-0.05, 0) is 83.0 Å². The molecule has 0 bridgehead atoms. The molecule has 9 aromatic rings. The number of benzene rings is 9. The zero-order valence-electron chi connectivity index (χ0n) is 26.2. The van der Waals surface area contributed by atoms with Gasteiger partial charge in [0.15, 0.2) is 0 Å². The van der Waals surface area contributed by atoms with Crippen LogP contribution in [-0.4, -0.2) is 0 Å². The molecule has 0 spiro atoms. The van der Waals surface area contributed by atoms with Crippen molar-refractivity contribution in [3.05, 3.63) is 193 Å². The van der Waals surface area contributed by atoms with Gasteiger partial charge in [0.2, 0.25) is 0 Å². The van der Waals surface area contributed by atoms with Crippen molar-refractivity contribution in [1.29, 1.82) is 0 Å². The van der Waals surface area contributed by atoms with Crippen molar-refractivity contribution in [3.8, 4) is 33.8 Å². The first-order valence-corrected chi connectivity index (χ1v) is 16.6. The average molecular weight is 611 g/mol. The molecule has 0 radical (unpaired) electrons. The fourth-order valence-electron chi connectivity index (χ4n) is 8.12. The molecule has 1 heterocycles. The molecule has 224 valence electrons. The monoisotopic (exact) mass is 610 g/mol. The van der Waals surface area contributed by atoms with E-state index < -0.39 is 0 Å². The summed E-state index contributed by atoms with van der Waals surface area (Å²) in [5.74, 6) is 1.88. The summed E-state index contributed by atoms with van der Waals surface area (Å²) < 4.78 is 6.68. The third kappa shape index (κ3) is 4.04. The standard InChI is InChI=1S/C47H30O/c1-2-14-32(15-3-1)43-37-18-8-10-20-39(37)44(40-21-11-9-19-38(40)43)33-22-24-34(25-23-33)45-46-35-16-6-4-12-30(35)26-28-41(46)48-42-29-27-31-13-5-7-17-36(31)47(42)45/h1-29,45H. The Hall–Kier alpha value is -6.18. The summed E-state index contributed by atoms with van der Waals surface area (Å²) in [6.07, 6.45) is 0. The van der Waals surface area contributed by atoms with E-state index in [4.69, 9.17) is 4.74 Å². The van der Waals surface area contributed by atoms with Gasteiger partial charge in [-0.3, -0.25) is 0 Å². The van der Waals surface area contributed by atoms with Gasteiger partial charge in [-0.2, -0.15) is 0 Å². The molecule has 9 aromatic carbocycles. The molecule has 0 atom stereocenters. The van der Waals surface area contributed by atoms with E-state index in [9.17, 15) is 0 Å². The first-order valence-electron chi connectivity index (χ1n) is 16.6. The molecule has 0 aliphatic carbocycles. The fourth-order valence-corrected chi connectivity index (χ4v) is 8.12. The Morgan fingerprint density at radius 2 is 0.708 bits per heavy atom. The molecular weight excluding hydrogens is 581 g/mol. The van der Waals surface area contributed by atoms with Crippen LogP contribution in [0.1, 0.15) is 22.6 Å². The highest BCUT2D eigenvalue weighted by molar-refractivity contribution is 6.21. The molecule has 1 heteroatoms. The maximum absolute atomic E-state index is 6.68. The molecule has 1 aliphatic rings. The molecule has 1 nitrogen and oxygen atoms in total. The molecule has 1 aliphatic heterocycles. The quantitative estimate of drug-likeness (QED) is 0.181. The highest BCUT2D eigenvalue weighted by Gasteiger charge is 2.32. The SMILES string of the molecule is c1ccc(-c2c3ccccc3c(-c3ccc(C4c5c(ccc6ccccc56)Oc5ccc6ccccc6c54)cc3)c3ccccc23)cc1. The minimum atomic E-state index is 0.0175. The summed E-state index contributed by atoms with van der Waals surface area (Å²) in [6.45, 7) is 0. The Labute approximate surface area is 279 Å². The van der Waals surface area contributed by atoms with Gasteiger partial charge >= 0.3 is 0 Å². The summed E-state index contributed by atoms with van der Waals surface area (Å²) >= 11 is 0. The van der Waals surface area contributed by atoms with E-state index in [1.807, 2.05) is 0 Å². The van der Waals surface area contributed by atoms with E-state index in [1.54, 1.807) is 0 Å². The Kier molecular flexibility index (Phi) is 6.01. The zero-order valence-corrected chi connectivity index (χ0v) is 26.2. The van der Waals surface area contributed by atoms with E-state index in [2.05, 4.69) is 176 Å². The van der Waals surface area contributed by atoms with Gasteiger partial charge in [0, 0.05) is 17.0 Å². The van der Waals surface area contributed by atoms with Crippen molar-refractivity contribution in [2.45, 2.75) is 5.92 Å². The van der Waals surface area contributed by atoms with Crippen LogP contribution in [0.25, 0.3) is 65.3 Å². The third-order valence-electron chi connectivity index (χ3n) is 10.2. The number of hydrogen-bond acceptors (Lipinski definition) is 1. The molecule has 0 unspecified atom stereocenters. The lowest BCUT2D eigenvalue weighted by atomic mass is 9.78. The van der Waals surface area contributed by atoms with Gasteiger partial charge in [-0.1, -0.05) is 164 Å². The lowest BCUT2D eigenvalue weighted by Gasteiger charge is -2.31. The summed E-state index contributed by atoms with van der Waals surface area (Å²) in [5, 5.41) is 9.98. The number of ether oxygens (including phenoxy) is 1. The number of rotatable bonds is 3. The van der Waals surface area contributed by atoms with Crippen LogP contribution in [0.2, 0.25) is 0 Å². The van der Waals surface area contributed by atoms with Crippen LogP contribution in [0, 0.1) is 0 Å². The second kappa shape index (κ2) is 10.7. The Balaban J connectivity index is 1.22. The molecule has 0 fully saturated rings. The van der Waals surface area contributed by atoms with Crippen LogP contribution in [0.4, 0.5) is 0 Å². The molecule has 0 saturated carbocycles. The maximum atomic E-state index is 6.68. The maximum Gasteiger partial charge on any atom is 0.132 e. The van der Waals surface area contributed by atoms with Gasteiger partial charge in [0.25, 0.3) is 0 Å². The van der Waals surface area contributed by atoms with Crippen molar-refractivity contribution in [3.63, 3.8) is 0 Å². The minimum absolute atomic E-state index is 0.0175. The third-order valence-corrected chi connectivity index (χ3v) is 10.2. The predicted molar refractivity (Wildman–Crippen MR) is 201 cm³/mol. The normalized spacial score (nSPS) is 12.7. The molecule has 0 aromatic heterocycles. The van der Waals surface area contributed by atoms with Crippen molar-refractivity contribution < 1.29 is 4.74 Å². The lowest BCUT2D eigenvalue weighted by molar-refractivity contribution is 0.456. The van der Waals surface area contributed by atoms with Crippen LogP contribution in [0.5, 0.6) is 11.5 Å². The van der Waals surface area contributed by atoms with E-state index in [-0.39, 0.29) is 5.92 Å². The average Bonchev–Trinajstić information content (AvgIpc) is 3.16. The van der Waals surface area contributed by atoms with Crippen LogP contribution in [-0.2, 0) is 0 Å². The van der Waals surface area contributed by atoms with Crippen LogP contribution in [0.3, 0.4) is 0 Å². The van der Waals surface area contributed by atoms with Crippen molar-refractivity contribution in [2.75, 3.05) is 0 Å². The molecular formula is C47H30O. The van der Waals surface area contributed by atoms with Crippen molar-refractivity contribution >= 4 is 43.1 Å². The Bertz CT molecular complexity index is 2540. The van der Waals surface area contributed by atoms with Gasteiger partial charge < -0.3 is 4.74 Å². The van der Waals surface area contributed by atoms with Gasteiger partial charge in [0.1, 0.15) is 11.5 Å². The molecule has 48 heavy (non-hydrogen) atoms. The van der Waals surface area contributed by atoms with Crippen molar-refractivity contribution in [1.82, 2.24) is 0 Å². The zero-order chi connectivity index (χ0) is 31.6. The molecule has 10 rings (SSSR count). The Morgan fingerprint density at radius 1 is 0.312 bits per heavy atom. The van der Waals surface area contributed by atoms with E-state index >= 15 is 0 Å². The fraction of sp³-hybridized carbons (Fsp3) is 0.0213. The lowest BCUT2D eigenvalue weighted by Crippen LogP contribution is -2.13. The summed E-state index contributed by atoms with van der Waals surface area (Å²) in [4.78, 5) is 0. The summed E-state index contributed by atoms with van der Waals surface area (Å²) in [7, 11) is 0. The number of hydrogen-bond donors (Lipinski definition) is 0. The Morgan fingerprint density at radius 3 is 1.19 bits per heavy atom. The predicted octanol–water partition coefficient (Wildman–Crippen LogP) is 12.9. The van der Waals surface area contributed by atoms with E-state index in [1.165, 1.54) is 82.0 Å². The summed E-state index contributed by atoms with van der Waals surface area (Å²) in [5.41, 5.74) is 8.73. The first kappa shape index (κ1) is 27.0. The topological polar surface area (TPSA) is 9.23 Å². The highest BCUT2D eigenvalue weighted by Crippen LogP contribution is 2.52. The second-order valence-electron chi connectivity index (χ2n) is 12.8. The van der Waals surface area contributed by atoms with Crippen LogP contribution < -0.4 is 4.74 Å². The first-order chi connectivity index (χ1) is 23.8. The number of fused-ring (bicyclic) bond motifs is 8. The van der Waals surface area contributed by atoms with Gasteiger partial charge in [-0.15, -0.1) is 0 Å². The molecule has 0 saturated heterocycles. The molecule has 0 N–H and O–H groups in total. The van der Waals surface area contributed by atoms with Crippen LogP contribution in [0.15, 0.2) is 176 Å².